The zero-order valence-electron chi connectivity index (χ0n) is 19.6. The van der Waals surface area contributed by atoms with Gasteiger partial charge in [-0.25, -0.2) is 4.39 Å². The van der Waals surface area contributed by atoms with Gasteiger partial charge in [-0.2, -0.15) is 4.39 Å². The van der Waals surface area contributed by atoms with Crippen LogP contribution in [0.3, 0.4) is 0 Å². The van der Waals surface area contributed by atoms with E-state index in [0.29, 0.717) is 29.2 Å². The number of carbonyl (C=O) groups is 2. The van der Waals surface area contributed by atoms with Gasteiger partial charge in [-0.15, -0.1) is 0 Å². The molecule has 1 saturated heterocycles. The average Bonchev–Trinajstić information content (AvgIpc) is 3.21. The number of carbonyl (C=O) groups excluding carboxylic acids is 2. The summed E-state index contributed by atoms with van der Waals surface area (Å²) in [6, 6.07) is 4.63. The highest BCUT2D eigenvalue weighted by Crippen LogP contribution is 2.65. The summed E-state index contributed by atoms with van der Waals surface area (Å²) in [6.07, 6.45) is 3.04. The van der Waals surface area contributed by atoms with E-state index in [1.54, 1.807) is 25.3 Å². The SMILES string of the molecule is COc1c(C(=O)N2C[C@H]3[C@@H]([C@H]2C(=O)Nc2ccnc(-c4conc4C)c2)C3(C)C)ccc(F)c1F. The number of fused-ring (bicyclic) bond motifs is 1. The molecule has 35 heavy (non-hydrogen) atoms. The number of amides is 2. The second-order valence-electron chi connectivity index (χ2n) is 9.53. The van der Waals surface area contributed by atoms with Crippen LogP contribution < -0.4 is 10.1 Å². The summed E-state index contributed by atoms with van der Waals surface area (Å²) in [5.74, 6) is -3.73. The number of anilines is 1. The number of benzene rings is 1. The monoisotopic (exact) mass is 482 g/mol. The van der Waals surface area contributed by atoms with Gasteiger partial charge < -0.3 is 19.5 Å². The number of aryl methyl sites for hydroxylation is 1. The van der Waals surface area contributed by atoms with Crippen molar-refractivity contribution in [3.05, 3.63) is 59.6 Å². The maximum Gasteiger partial charge on any atom is 0.258 e. The minimum absolute atomic E-state index is 0.0654. The molecule has 182 valence electrons. The van der Waals surface area contributed by atoms with Gasteiger partial charge in [0.2, 0.25) is 11.7 Å². The van der Waals surface area contributed by atoms with Crippen LogP contribution in [0, 0.1) is 35.8 Å². The highest BCUT2D eigenvalue weighted by molar-refractivity contribution is 6.03. The van der Waals surface area contributed by atoms with Crippen molar-refractivity contribution in [1.29, 1.82) is 0 Å². The van der Waals surface area contributed by atoms with Crippen LogP contribution in [0.5, 0.6) is 5.75 Å². The topological polar surface area (TPSA) is 97.6 Å². The zero-order valence-corrected chi connectivity index (χ0v) is 19.6. The van der Waals surface area contributed by atoms with Gasteiger partial charge in [0.05, 0.1) is 29.6 Å². The number of methoxy groups -OCH3 is 1. The van der Waals surface area contributed by atoms with Crippen molar-refractivity contribution in [1.82, 2.24) is 15.0 Å². The van der Waals surface area contributed by atoms with Crippen molar-refractivity contribution in [2.24, 2.45) is 17.3 Å². The van der Waals surface area contributed by atoms with Crippen LogP contribution in [0.4, 0.5) is 14.5 Å². The molecule has 2 fully saturated rings. The van der Waals surface area contributed by atoms with Crippen molar-refractivity contribution in [2.75, 3.05) is 19.0 Å². The molecule has 3 aromatic rings. The summed E-state index contributed by atoms with van der Waals surface area (Å²) in [5.41, 5.74) is 2.19. The number of likely N-dealkylation sites (tertiary alicyclic amines) is 1. The molecule has 8 nitrogen and oxygen atoms in total. The van der Waals surface area contributed by atoms with Crippen LogP contribution in [0.25, 0.3) is 11.3 Å². The van der Waals surface area contributed by atoms with Gasteiger partial charge in [0.15, 0.2) is 11.6 Å². The Morgan fingerprint density at radius 2 is 2.03 bits per heavy atom. The number of ether oxygens (including phenoxy) is 1. The van der Waals surface area contributed by atoms with E-state index in [2.05, 4.69) is 29.3 Å². The number of hydrogen-bond donors (Lipinski definition) is 1. The van der Waals surface area contributed by atoms with Gasteiger partial charge in [-0.1, -0.05) is 19.0 Å². The summed E-state index contributed by atoms with van der Waals surface area (Å²) in [4.78, 5) is 32.7. The molecule has 3 heterocycles. The van der Waals surface area contributed by atoms with Crippen molar-refractivity contribution in [3.8, 4) is 17.0 Å². The van der Waals surface area contributed by atoms with Crippen LogP contribution in [0.1, 0.15) is 29.9 Å². The minimum Gasteiger partial charge on any atom is -0.493 e. The Balaban J connectivity index is 1.44. The third-order valence-electron chi connectivity index (χ3n) is 7.28. The summed E-state index contributed by atoms with van der Waals surface area (Å²) >= 11 is 0. The molecular formula is C25H24F2N4O4. The Hall–Kier alpha value is -3.82. The molecule has 0 unspecified atom stereocenters. The molecule has 1 aliphatic carbocycles. The fraction of sp³-hybridized carbons (Fsp3) is 0.360. The standard InChI is InChI=1S/C25H24F2N4O4/c1-12-15(11-35-30-12)18-9-13(7-8-28-18)29-23(32)21-19-16(25(19,2)3)10-31(21)24(33)14-5-6-17(26)20(27)22(14)34-4/h5-9,11,16,19,21H,10H2,1-4H3,(H,28,29,32)/t16-,19-,21-/m0/s1. The molecule has 1 N–H and O–H groups in total. The Bertz CT molecular complexity index is 1340. The third kappa shape index (κ3) is 3.64. The lowest BCUT2D eigenvalue weighted by Crippen LogP contribution is -2.47. The van der Waals surface area contributed by atoms with Crippen LogP contribution in [-0.4, -0.2) is 46.6 Å². The first kappa shape index (κ1) is 22.9. The van der Waals surface area contributed by atoms with E-state index in [9.17, 15) is 18.4 Å². The number of pyridine rings is 1. The second kappa shape index (κ2) is 8.14. The van der Waals surface area contributed by atoms with Crippen LogP contribution in [0.2, 0.25) is 0 Å². The first-order valence-corrected chi connectivity index (χ1v) is 11.2. The fourth-order valence-corrected chi connectivity index (χ4v) is 5.26. The van der Waals surface area contributed by atoms with Gasteiger partial charge in [0.1, 0.15) is 12.3 Å². The lowest BCUT2D eigenvalue weighted by molar-refractivity contribution is -0.120. The average molecular weight is 482 g/mol. The van der Waals surface area contributed by atoms with Crippen LogP contribution in [0.15, 0.2) is 41.2 Å². The van der Waals surface area contributed by atoms with Crippen molar-refractivity contribution in [3.63, 3.8) is 0 Å². The molecule has 10 heteroatoms. The number of hydrogen-bond acceptors (Lipinski definition) is 6. The zero-order chi connectivity index (χ0) is 25.1. The summed E-state index contributed by atoms with van der Waals surface area (Å²) in [5, 5.41) is 6.75. The first-order chi connectivity index (χ1) is 16.6. The Labute approximate surface area is 200 Å². The van der Waals surface area contributed by atoms with Crippen molar-refractivity contribution < 1.29 is 27.6 Å². The predicted molar refractivity (Wildman–Crippen MR) is 122 cm³/mol. The molecule has 1 saturated carbocycles. The summed E-state index contributed by atoms with van der Waals surface area (Å²) in [6.45, 7) is 6.23. The third-order valence-corrected chi connectivity index (χ3v) is 7.28. The van der Waals surface area contributed by atoms with Gasteiger partial charge in [-0.05, 0) is 48.4 Å². The number of rotatable bonds is 5. The Kier molecular flexibility index (Phi) is 5.34. The highest BCUT2D eigenvalue weighted by atomic mass is 19.2. The van der Waals surface area contributed by atoms with E-state index < -0.39 is 29.3 Å². The summed E-state index contributed by atoms with van der Waals surface area (Å²) in [7, 11) is 1.17. The quantitative estimate of drug-likeness (QED) is 0.589. The molecule has 2 aromatic heterocycles. The normalized spacial score (nSPS) is 22.0. The first-order valence-electron chi connectivity index (χ1n) is 11.2. The number of piperidine rings is 1. The van der Waals surface area contributed by atoms with E-state index in [4.69, 9.17) is 9.26 Å². The van der Waals surface area contributed by atoms with Crippen LogP contribution >= 0.6 is 0 Å². The van der Waals surface area contributed by atoms with Crippen LogP contribution in [-0.2, 0) is 4.79 Å². The van der Waals surface area contributed by atoms with E-state index in [1.165, 1.54) is 24.3 Å². The molecule has 1 aliphatic heterocycles. The maximum absolute atomic E-state index is 14.3. The molecule has 0 bridgehead atoms. The number of nitrogens with one attached hydrogen (secondary N) is 1. The minimum atomic E-state index is -1.24. The molecule has 5 rings (SSSR count). The predicted octanol–water partition coefficient (Wildman–Crippen LogP) is 4.07. The van der Waals surface area contributed by atoms with E-state index in [1.807, 2.05) is 0 Å². The molecule has 1 aromatic carbocycles. The smallest absolute Gasteiger partial charge is 0.258 e. The molecule has 2 amide bonds. The lowest BCUT2D eigenvalue weighted by atomic mass is 9.99. The van der Waals surface area contributed by atoms with Gasteiger partial charge in [0, 0.05) is 18.4 Å². The second-order valence-corrected chi connectivity index (χ2v) is 9.53. The molecule has 2 aliphatic rings. The van der Waals surface area contributed by atoms with Gasteiger partial charge in [-0.3, -0.25) is 14.6 Å². The largest absolute Gasteiger partial charge is 0.493 e. The van der Waals surface area contributed by atoms with Crippen molar-refractivity contribution >= 4 is 17.5 Å². The number of aromatic nitrogens is 2. The van der Waals surface area contributed by atoms with Crippen molar-refractivity contribution in [2.45, 2.75) is 26.8 Å². The lowest BCUT2D eigenvalue weighted by Gasteiger charge is -2.30. The van der Waals surface area contributed by atoms with E-state index in [0.717, 1.165) is 6.07 Å². The number of nitrogens with zero attached hydrogens (tertiary/aromatic N) is 3. The van der Waals surface area contributed by atoms with Gasteiger partial charge in [0.25, 0.3) is 5.91 Å². The molecule has 0 spiro atoms. The van der Waals surface area contributed by atoms with E-state index >= 15 is 0 Å². The maximum atomic E-state index is 14.3. The molecule has 0 radical (unpaired) electrons. The summed E-state index contributed by atoms with van der Waals surface area (Å²) < 4.78 is 37.9. The fourth-order valence-electron chi connectivity index (χ4n) is 5.26. The van der Waals surface area contributed by atoms with E-state index in [-0.39, 0.29) is 28.7 Å². The molecule has 3 atom stereocenters. The number of halogens is 2. The highest BCUT2D eigenvalue weighted by Gasteiger charge is 2.69. The Morgan fingerprint density at radius 1 is 1.26 bits per heavy atom. The molecular weight excluding hydrogens is 458 g/mol. The Morgan fingerprint density at radius 3 is 2.71 bits per heavy atom. The van der Waals surface area contributed by atoms with Gasteiger partial charge >= 0.3 is 0 Å².